The Hall–Kier alpha value is -1.46. The van der Waals surface area contributed by atoms with Crippen LogP contribution in [0.4, 0.5) is 4.39 Å². The Morgan fingerprint density at radius 3 is 2.74 bits per heavy atom. The van der Waals surface area contributed by atoms with Gasteiger partial charge in [-0.2, -0.15) is 0 Å². The zero-order valence-electron chi connectivity index (χ0n) is 11.5. The van der Waals surface area contributed by atoms with Gasteiger partial charge in [-0.15, -0.1) is 11.3 Å². The van der Waals surface area contributed by atoms with E-state index in [-0.39, 0.29) is 17.6 Å². The van der Waals surface area contributed by atoms with Crippen LogP contribution in [-0.4, -0.2) is 19.1 Å². The summed E-state index contributed by atoms with van der Waals surface area (Å²) in [6.45, 7) is 4.06. The predicted octanol–water partition coefficient (Wildman–Crippen LogP) is 3.55. The zero-order chi connectivity index (χ0) is 14.0. The number of rotatable bonds is 4. The van der Waals surface area contributed by atoms with Crippen LogP contribution in [-0.2, 0) is 0 Å². The van der Waals surface area contributed by atoms with E-state index in [0.29, 0.717) is 0 Å². The standard InChI is InChI=1S/C14H17FN2OS/c1-8(16-3)13-9(2)17-14(19-13)10-5-6-12(18-4)11(15)7-10/h5-8,16H,1-4H3. The Morgan fingerprint density at radius 1 is 1.42 bits per heavy atom. The lowest BCUT2D eigenvalue weighted by Crippen LogP contribution is -2.11. The second-order valence-electron chi connectivity index (χ2n) is 4.33. The molecule has 1 unspecified atom stereocenters. The van der Waals surface area contributed by atoms with Gasteiger partial charge in [-0.25, -0.2) is 9.37 Å². The molecule has 1 aromatic heterocycles. The fraction of sp³-hybridized carbons (Fsp3) is 0.357. The summed E-state index contributed by atoms with van der Waals surface area (Å²) < 4.78 is 18.6. The second kappa shape index (κ2) is 5.67. The topological polar surface area (TPSA) is 34.1 Å². The summed E-state index contributed by atoms with van der Waals surface area (Å²) in [6, 6.07) is 5.16. The fourth-order valence-corrected chi connectivity index (χ4v) is 2.99. The van der Waals surface area contributed by atoms with Crippen LogP contribution in [0.5, 0.6) is 5.75 Å². The van der Waals surface area contributed by atoms with Crippen molar-refractivity contribution in [1.29, 1.82) is 0 Å². The Bertz CT molecular complexity index is 583. The number of thiazole rings is 1. The van der Waals surface area contributed by atoms with Crippen molar-refractivity contribution in [2.75, 3.05) is 14.2 Å². The number of halogens is 1. The van der Waals surface area contributed by atoms with Gasteiger partial charge in [-0.1, -0.05) is 0 Å². The largest absolute Gasteiger partial charge is 0.494 e. The van der Waals surface area contributed by atoms with Crippen LogP contribution in [0, 0.1) is 12.7 Å². The SMILES string of the molecule is CNC(C)c1sc(-c2ccc(OC)c(F)c2)nc1C. The molecule has 1 aromatic carbocycles. The highest BCUT2D eigenvalue weighted by molar-refractivity contribution is 7.15. The number of hydrogen-bond donors (Lipinski definition) is 1. The summed E-state index contributed by atoms with van der Waals surface area (Å²) in [5.74, 6) is -0.114. The molecule has 1 atom stereocenters. The summed E-state index contributed by atoms with van der Waals surface area (Å²) in [5, 5.41) is 4.02. The molecular weight excluding hydrogens is 263 g/mol. The third-order valence-corrected chi connectivity index (χ3v) is 4.45. The molecule has 0 radical (unpaired) electrons. The maximum atomic E-state index is 13.7. The third-order valence-electron chi connectivity index (χ3n) is 3.06. The third kappa shape index (κ3) is 2.77. The molecule has 0 spiro atoms. The smallest absolute Gasteiger partial charge is 0.165 e. The maximum Gasteiger partial charge on any atom is 0.165 e. The molecule has 0 bridgehead atoms. The van der Waals surface area contributed by atoms with Gasteiger partial charge in [0.15, 0.2) is 11.6 Å². The number of nitrogens with one attached hydrogen (secondary N) is 1. The van der Waals surface area contributed by atoms with Crippen LogP contribution < -0.4 is 10.1 Å². The molecule has 5 heteroatoms. The molecule has 1 heterocycles. The molecule has 0 fully saturated rings. The monoisotopic (exact) mass is 280 g/mol. The van der Waals surface area contributed by atoms with E-state index in [9.17, 15) is 4.39 Å². The van der Waals surface area contributed by atoms with Gasteiger partial charge in [0, 0.05) is 16.5 Å². The van der Waals surface area contributed by atoms with Crippen molar-refractivity contribution < 1.29 is 9.13 Å². The van der Waals surface area contributed by atoms with E-state index < -0.39 is 0 Å². The molecule has 0 amide bonds. The van der Waals surface area contributed by atoms with Crippen molar-refractivity contribution in [3.05, 3.63) is 34.6 Å². The van der Waals surface area contributed by atoms with E-state index in [0.717, 1.165) is 16.3 Å². The molecule has 0 aliphatic heterocycles. The van der Waals surface area contributed by atoms with Gasteiger partial charge in [0.2, 0.25) is 0 Å². The molecule has 2 aromatic rings. The second-order valence-corrected chi connectivity index (χ2v) is 5.36. The number of methoxy groups -OCH3 is 1. The quantitative estimate of drug-likeness (QED) is 0.930. The molecule has 2 rings (SSSR count). The lowest BCUT2D eigenvalue weighted by molar-refractivity contribution is 0.386. The minimum atomic E-state index is -0.365. The molecule has 0 saturated carbocycles. The van der Waals surface area contributed by atoms with Gasteiger partial charge in [-0.05, 0) is 39.1 Å². The number of benzene rings is 1. The normalized spacial score (nSPS) is 12.5. The van der Waals surface area contributed by atoms with Crippen LogP contribution in [0.2, 0.25) is 0 Å². The molecule has 1 N–H and O–H groups in total. The summed E-state index contributed by atoms with van der Waals surface area (Å²) >= 11 is 1.59. The van der Waals surface area contributed by atoms with Crippen molar-refractivity contribution in [3.8, 4) is 16.3 Å². The van der Waals surface area contributed by atoms with Crippen molar-refractivity contribution >= 4 is 11.3 Å². The number of aromatic nitrogens is 1. The summed E-state index contributed by atoms with van der Waals surface area (Å²) in [4.78, 5) is 5.69. The lowest BCUT2D eigenvalue weighted by atomic mass is 10.2. The van der Waals surface area contributed by atoms with E-state index in [1.54, 1.807) is 17.4 Å². The van der Waals surface area contributed by atoms with E-state index in [2.05, 4.69) is 17.2 Å². The highest BCUT2D eigenvalue weighted by Crippen LogP contribution is 2.33. The maximum absolute atomic E-state index is 13.7. The number of nitrogens with zero attached hydrogens (tertiary/aromatic N) is 1. The molecule has 102 valence electrons. The number of hydrogen-bond acceptors (Lipinski definition) is 4. The van der Waals surface area contributed by atoms with Gasteiger partial charge in [0.1, 0.15) is 5.01 Å². The minimum Gasteiger partial charge on any atom is -0.494 e. The summed E-state index contributed by atoms with van der Waals surface area (Å²) in [5.41, 5.74) is 1.76. The van der Waals surface area contributed by atoms with Crippen LogP contribution in [0.3, 0.4) is 0 Å². The highest BCUT2D eigenvalue weighted by Gasteiger charge is 2.15. The average Bonchev–Trinajstić information content (AvgIpc) is 2.80. The first-order valence-corrected chi connectivity index (χ1v) is 6.87. The molecule has 19 heavy (non-hydrogen) atoms. The lowest BCUT2D eigenvalue weighted by Gasteiger charge is -2.07. The minimum absolute atomic E-state index is 0.245. The summed E-state index contributed by atoms with van der Waals surface area (Å²) in [7, 11) is 3.37. The Morgan fingerprint density at radius 2 is 2.16 bits per heavy atom. The van der Waals surface area contributed by atoms with Crippen molar-refractivity contribution in [1.82, 2.24) is 10.3 Å². The molecule has 3 nitrogen and oxygen atoms in total. The Balaban J connectivity index is 2.40. The van der Waals surface area contributed by atoms with Crippen molar-refractivity contribution in [3.63, 3.8) is 0 Å². The van der Waals surface area contributed by atoms with Gasteiger partial charge in [-0.3, -0.25) is 0 Å². The van der Waals surface area contributed by atoms with Gasteiger partial charge in [0.05, 0.1) is 12.8 Å². The zero-order valence-corrected chi connectivity index (χ0v) is 12.3. The van der Waals surface area contributed by atoms with E-state index in [4.69, 9.17) is 4.74 Å². The first-order chi connectivity index (χ1) is 9.06. The van der Waals surface area contributed by atoms with Crippen LogP contribution in [0.15, 0.2) is 18.2 Å². The first kappa shape index (κ1) is 14.0. The predicted molar refractivity (Wildman–Crippen MR) is 76.3 cm³/mol. The number of aryl methyl sites for hydroxylation is 1. The van der Waals surface area contributed by atoms with Gasteiger partial charge < -0.3 is 10.1 Å². The van der Waals surface area contributed by atoms with Gasteiger partial charge in [0.25, 0.3) is 0 Å². The Labute approximate surface area is 116 Å². The van der Waals surface area contributed by atoms with E-state index in [1.807, 2.05) is 20.0 Å². The Kier molecular flexibility index (Phi) is 4.17. The molecule has 0 aliphatic carbocycles. The molecule has 0 aliphatic rings. The fourth-order valence-electron chi connectivity index (χ4n) is 1.86. The number of ether oxygens (including phenoxy) is 1. The summed E-state index contributed by atoms with van der Waals surface area (Å²) in [6.07, 6.45) is 0. The molecular formula is C14H17FN2OS. The van der Waals surface area contributed by atoms with Gasteiger partial charge >= 0.3 is 0 Å². The van der Waals surface area contributed by atoms with Crippen LogP contribution >= 0.6 is 11.3 Å². The molecule has 0 saturated heterocycles. The highest BCUT2D eigenvalue weighted by atomic mass is 32.1. The van der Waals surface area contributed by atoms with Crippen molar-refractivity contribution in [2.24, 2.45) is 0 Å². The average molecular weight is 280 g/mol. The van der Waals surface area contributed by atoms with Crippen LogP contribution in [0.25, 0.3) is 10.6 Å². The van der Waals surface area contributed by atoms with Crippen LogP contribution in [0.1, 0.15) is 23.5 Å². The van der Waals surface area contributed by atoms with E-state index in [1.165, 1.54) is 18.1 Å². The van der Waals surface area contributed by atoms with Crippen molar-refractivity contribution in [2.45, 2.75) is 19.9 Å². The van der Waals surface area contributed by atoms with E-state index >= 15 is 0 Å². The first-order valence-electron chi connectivity index (χ1n) is 6.05.